The predicted molar refractivity (Wildman–Crippen MR) is 99.4 cm³/mol. The minimum absolute atomic E-state index is 0.0773. The Morgan fingerprint density at radius 2 is 1.96 bits per heavy atom. The van der Waals surface area contributed by atoms with E-state index in [9.17, 15) is 9.18 Å². The van der Waals surface area contributed by atoms with Gasteiger partial charge in [0, 0.05) is 25.0 Å². The predicted octanol–water partition coefficient (Wildman–Crippen LogP) is 3.39. The molecule has 3 rings (SSSR count). The Bertz CT molecular complexity index is 640. The monoisotopic (exact) mass is 377 g/mol. The lowest BCUT2D eigenvalue weighted by Gasteiger charge is -2.30. The van der Waals surface area contributed by atoms with Gasteiger partial charge in [0.15, 0.2) is 5.76 Å². The Labute approximate surface area is 159 Å². The van der Waals surface area contributed by atoms with E-state index in [4.69, 9.17) is 14.6 Å². The first-order valence-electron chi connectivity index (χ1n) is 9.83. The number of allylic oxidation sites excluding steroid dienone is 1. The number of rotatable bonds is 8. The van der Waals surface area contributed by atoms with E-state index in [1.165, 1.54) is 12.1 Å². The number of amides is 1. The molecule has 1 heterocycles. The highest BCUT2D eigenvalue weighted by Crippen LogP contribution is 2.32. The summed E-state index contributed by atoms with van der Waals surface area (Å²) in [6, 6.07) is 6.52. The number of halogens is 1. The van der Waals surface area contributed by atoms with Crippen LogP contribution in [0.15, 0.2) is 36.1 Å². The third-order valence-electron chi connectivity index (χ3n) is 5.13. The van der Waals surface area contributed by atoms with Gasteiger partial charge < -0.3 is 19.9 Å². The second kappa shape index (κ2) is 9.85. The number of hydrogen-bond donors (Lipinski definition) is 2. The normalized spacial score (nSPS) is 23.0. The highest BCUT2D eigenvalue weighted by molar-refractivity contribution is 5.92. The van der Waals surface area contributed by atoms with E-state index in [0.29, 0.717) is 19.4 Å². The van der Waals surface area contributed by atoms with Crippen molar-refractivity contribution < 1.29 is 23.8 Å². The fourth-order valence-corrected chi connectivity index (χ4v) is 3.62. The second-order valence-electron chi connectivity index (χ2n) is 7.23. The molecule has 1 aliphatic heterocycles. The molecule has 27 heavy (non-hydrogen) atoms. The first kappa shape index (κ1) is 19.8. The summed E-state index contributed by atoms with van der Waals surface area (Å²) in [6.07, 6.45) is 7.51. The molecule has 148 valence electrons. The number of carbonyl (C=O) groups excluding carboxylic acids is 1. The Morgan fingerprint density at radius 3 is 2.67 bits per heavy atom. The van der Waals surface area contributed by atoms with Crippen molar-refractivity contribution in [2.24, 2.45) is 0 Å². The SMILES string of the molecule is O=C(NC1CCCC1)C1=C[C@H](c2ccc(F)cc2)C[C@H](OCCCCO)O1. The smallest absolute Gasteiger partial charge is 0.286 e. The zero-order chi connectivity index (χ0) is 19.1. The molecule has 0 radical (unpaired) electrons. The largest absolute Gasteiger partial charge is 0.459 e. The molecule has 0 bridgehead atoms. The summed E-state index contributed by atoms with van der Waals surface area (Å²) in [6.45, 7) is 0.584. The van der Waals surface area contributed by atoms with Crippen molar-refractivity contribution in [2.75, 3.05) is 13.2 Å². The number of ether oxygens (including phenoxy) is 2. The van der Waals surface area contributed by atoms with Gasteiger partial charge in [0.2, 0.25) is 6.29 Å². The van der Waals surface area contributed by atoms with Crippen molar-refractivity contribution in [3.8, 4) is 0 Å². The number of benzene rings is 1. The van der Waals surface area contributed by atoms with Crippen molar-refractivity contribution >= 4 is 5.91 Å². The van der Waals surface area contributed by atoms with E-state index >= 15 is 0 Å². The number of aliphatic hydroxyl groups is 1. The minimum Gasteiger partial charge on any atom is -0.459 e. The van der Waals surface area contributed by atoms with Crippen LogP contribution in [0.4, 0.5) is 4.39 Å². The topological polar surface area (TPSA) is 67.8 Å². The zero-order valence-electron chi connectivity index (χ0n) is 15.5. The first-order valence-corrected chi connectivity index (χ1v) is 9.83. The van der Waals surface area contributed by atoms with Gasteiger partial charge in [-0.3, -0.25) is 4.79 Å². The van der Waals surface area contributed by atoms with Crippen LogP contribution in [0.2, 0.25) is 0 Å². The van der Waals surface area contributed by atoms with Crippen LogP contribution in [-0.2, 0) is 14.3 Å². The summed E-state index contributed by atoms with van der Waals surface area (Å²) in [5.41, 5.74) is 0.926. The van der Waals surface area contributed by atoms with Crippen molar-refractivity contribution in [1.29, 1.82) is 0 Å². The van der Waals surface area contributed by atoms with Crippen LogP contribution in [-0.4, -0.2) is 36.6 Å². The van der Waals surface area contributed by atoms with E-state index in [0.717, 1.165) is 37.7 Å². The molecule has 2 aliphatic rings. The van der Waals surface area contributed by atoms with Gasteiger partial charge in [-0.2, -0.15) is 0 Å². The standard InChI is InChI=1S/C21H28FNO4/c22-17-9-7-15(8-10-17)16-13-19(21(25)23-18-5-1-2-6-18)27-20(14-16)26-12-4-3-11-24/h7-10,13,16,18,20,24H,1-6,11-12,14H2,(H,23,25)/t16-,20+/m0/s1. The summed E-state index contributed by atoms with van der Waals surface area (Å²) in [5, 5.41) is 11.9. The molecule has 1 aliphatic carbocycles. The maximum Gasteiger partial charge on any atom is 0.286 e. The van der Waals surface area contributed by atoms with Crippen molar-refractivity contribution in [3.05, 3.63) is 47.5 Å². The lowest BCUT2D eigenvalue weighted by molar-refractivity contribution is -0.146. The third-order valence-corrected chi connectivity index (χ3v) is 5.13. The molecule has 5 nitrogen and oxygen atoms in total. The van der Waals surface area contributed by atoms with Crippen molar-refractivity contribution in [2.45, 2.75) is 63.2 Å². The number of unbranched alkanes of at least 4 members (excludes halogenated alkanes) is 1. The highest BCUT2D eigenvalue weighted by atomic mass is 19.1. The van der Waals surface area contributed by atoms with Gasteiger partial charge in [0.1, 0.15) is 5.82 Å². The van der Waals surface area contributed by atoms with Gasteiger partial charge in [-0.1, -0.05) is 25.0 Å². The molecule has 6 heteroatoms. The van der Waals surface area contributed by atoms with Crippen LogP contribution < -0.4 is 5.32 Å². The molecular formula is C21H28FNO4. The maximum atomic E-state index is 13.3. The van der Waals surface area contributed by atoms with E-state index < -0.39 is 6.29 Å². The lowest BCUT2D eigenvalue weighted by atomic mass is 9.93. The highest BCUT2D eigenvalue weighted by Gasteiger charge is 2.30. The summed E-state index contributed by atoms with van der Waals surface area (Å²) in [7, 11) is 0. The average molecular weight is 377 g/mol. The van der Waals surface area contributed by atoms with Crippen LogP contribution in [0.5, 0.6) is 0 Å². The van der Waals surface area contributed by atoms with Crippen LogP contribution in [0.3, 0.4) is 0 Å². The number of nitrogens with one attached hydrogen (secondary N) is 1. The number of hydrogen-bond acceptors (Lipinski definition) is 4. The van der Waals surface area contributed by atoms with E-state index in [1.54, 1.807) is 12.1 Å². The van der Waals surface area contributed by atoms with Crippen molar-refractivity contribution in [1.82, 2.24) is 5.32 Å². The molecule has 1 fully saturated rings. The molecule has 1 aromatic carbocycles. The minimum atomic E-state index is -0.534. The Hall–Kier alpha value is -1.92. The quantitative estimate of drug-likeness (QED) is 0.682. The second-order valence-corrected chi connectivity index (χ2v) is 7.23. The Balaban J connectivity index is 1.69. The van der Waals surface area contributed by atoms with Crippen LogP contribution in [0, 0.1) is 5.82 Å². The lowest BCUT2D eigenvalue weighted by Crippen LogP contribution is -2.37. The molecular weight excluding hydrogens is 349 g/mol. The molecule has 0 saturated heterocycles. The van der Waals surface area contributed by atoms with Crippen molar-refractivity contribution in [3.63, 3.8) is 0 Å². The molecule has 1 aromatic rings. The fraction of sp³-hybridized carbons (Fsp3) is 0.571. The van der Waals surface area contributed by atoms with E-state index in [-0.39, 0.29) is 36.1 Å². The average Bonchev–Trinajstić information content (AvgIpc) is 3.18. The summed E-state index contributed by atoms with van der Waals surface area (Å²) in [5.74, 6) is -0.301. The molecule has 2 atom stereocenters. The van der Waals surface area contributed by atoms with Crippen LogP contribution in [0.25, 0.3) is 0 Å². The van der Waals surface area contributed by atoms with Gasteiger partial charge in [-0.05, 0) is 49.5 Å². The van der Waals surface area contributed by atoms with Gasteiger partial charge in [0.25, 0.3) is 5.91 Å². The molecule has 1 saturated carbocycles. The summed E-state index contributed by atoms with van der Waals surface area (Å²) < 4.78 is 24.8. The van der Waals surface area contributed by atoms with E-state index in [2.05, 4.69) is 5.32 Å². The van der Waals surface area contributed by atoms with Crippen LogP contribution >= 0.6 is 0 Å². The molecule has 0 aromatic heterocycles. The first-order chi connectivity index (χ1) is 13.2. The Kier molecular flexibility index (Phi) is 7.24. The van der Waals surface area contributed by atoms with Gasteiger partial charge >= 0.3 is 0 Å². The van der Waals surface area contributed by atoms with Gasteiger partial charge in [0.05, 0.1) is 6.61 Å². The fourth-order valence-electron chi connectivity index (χ4n) is 3.62. The van der Waals surface area contributed by atoms with E-state index in [1.807, 2.05) is 6.08 Å². The van der Waals surface area contributed by atoms with Crippen LogP contribution in [0.1, 0.15) is 56.4 Å². The zero-order valence-corrected chi connectivity index (χ0v) is 15.5. The Morgan fingerprint density at radius 1 is 1.22 bits per heavy atom. The number of aliphatic hydroxyl groups excluding tert-OH is 1. The molecule has 0 unspecified atom stereocenters. The third kappa shape index (κ3) is 5.78. The molecule has 1 amide bonds. The summed E-state index contributed by atoms with van der Waals surface area (Å²) in [4.78, 5) is 12.7. The number of carbonyl (C=O) groups is 1. The summed E-state index contributed by atoms with van der Waals surface area (Å²) >= 11 is 0. The maximum absolute atomic E-state index is 13.3. The molecule has 2 N–H and O–H groups in total. The van der Waals surface area contributed by atoms with Gasteiger partial charge in [-0.25, -0.2) is 4.39 Å². The van der Waals surface area contributed by atoms with Gasteiger partial charge in [-0.15, -0.1) is 0 Å². The molecule has 0 spiro atoms.